The molecule has 1 rings (SSSR count). The van der Waals surface area contributed by atoms with E-state index in [2.05, 4.69) is 5.32 Å². The summed E-state index contributed by atoms with van der Waals surface area (Å²) in [5, 5.41) is 11.6. The summed E-state index contributed by atoms with van der Waals surface area (Å²) >= 11 is 0. The Morgan fingerprint density at radius 3 is 2.59 bits per heavy atom. The number of hydrogen-bond donors (Lipinski definition) is 2. The molecule has 2 atom stereocenters. The first-order valence-electron chi connectivity index (χ1n) is 5.59. The third-order valence-corrected chi connectivity index (χ3v) is 2.38. The predicted octanol–water partition coefficient (Wildman–Crippen LogP) is 1.00. The molecule has 1 heterocycles. The minimum atomic E-state index is -0.967. The second kappa shape index (κ2) is 5.35. The zero-order valence-corrected chi connectivity index (χ0v) is 10.4. The van der Waals surface area contributed by atoms with Gasteiger partial charge in [0.25, 0.3) is 0 Å². The van der Waals surface area contributed by atoms with Crippen LogP contribution in [-0.2, 0) is 14.3 Å². The van der Waals surface area contributed by atoms with Crippen LogP contribution in [0.2, 0.25) is 0 Å². The standard InChI is InChI=1S/C11H19NO5/c1-11(2,3)17-10(15)12-8-4-5-16-6-7(8)9(13)14/h7-8H,4-6H2,1-3H3,(H,12,15)(H,13,14)/t7-,8-/m1/s1. The van der Waals surface area contributed by atoms with Crippen LogP contribution < -0.4 is 5.32 Å². The molecule has 1 aliphatic rings. The first-order chi connectivity index (χ1) is 7.79. The zero-order chi connectivity index (χ0) is 13.1. The van der Waals surface area contributed by atoms with E-state index >= 15 is 0 Å². The normalized spacial score (nSPS) is 25.1. The van der Waals surface area contributed by atoms with Crippen molar-refractivity contribution >= 4 is 12.1 Å². The van der Waals surface area contributed by atoms with Crippen LogP contribution in [0.5, 0.6) is 0 Å². The molecule has 1 fully saturated rings. The van der Waals surface area contributed by atoms with E-state index in [1.54, 1.807) is 20.8 Å². The van der Waals surface area contributed by atoms with Crippen LogP contribution in [0, 0.1) is 5.92 Å². The van der Waals surface area contributed by atoms with Gasteiger partial charge in [0.15, 0.2) is 0 Å². The minimum absolute atomic E-state index is 0.121. The lowest BCUT2D eigenvalue weighted by Crippen LogP contribution is -2.49. The van der Waals surface area contributed by atoms with Gasteiger partial charge in [-0.05, 0) is 27.2 Å². The maximum absolute atomic E-state index is 11.5. The number of carboxylic acid groups (broad SMARTS) is 1. The Morgan fingerprint density at radius 2 is 2.06 bits per heavy atom. The second-order valence-electron chi connectivity index (χ2n) is 5.06. The highest BCUT2D eigenvalue weighted by atomic mass is 16.6. The van der Waals surface area contributed by atoms with Gasteiger partial charge in [-0.25, -0.2) is 4.79 Å². The fraction of sp³-hybridized carbons (Fsp3) is 0.818. The van der Waals surface area contributed by atoms with Crippen molar-refractivity contribution in [2.24, 2.45) is 5.92 Å². The van der Waals surface area contributed by atoms with Gasteiger partial charge in [-0.15, -0.1) is 0 Å². The highest BCUT2D eigenvalue weighted by Crippen LogP contribution is 2.16. The van der Waals surface area contributed by atoms with Crippen molar-refractivity contribution in [3.05, 3.63) is 0 Å². The van der Waals surface area contributed by atoms with Crippen molar-refractivity contribution in [3.8, 4) is 0 Å². The van der Waals surface area contributed by atoms with Crippen LogP contribution in [0.1, 0.15) is 27.2 Å². The molecule has 1 aliphatic heterocycles. The molecular formula is C11H19NO5. The van der Waals surface area contributed by atoms with Crippen LogP contribution in [-0.4, -0.2) is 42.0 Å². The molecule has 17 heavy (non-hydrogen) atoms. The first-order valence-corrected chi connectivity index (χ1v) is 5.59. The molecule has 0 aliphatic carbocycles. The maximum atomic E-state index is 11.5. The zero-order valence-electron chi connectivity index (χ0n) is 10.4. The van der Waals surface area contributed by atoms with Crippen molar-refractivity contribution in [2.75, 3.05) is 13.2 Å². The number of carboxylic acids is 1. The molecule has 98 valence electrons. The topological polar surface area (TPSA) is 84.9 Å². The van der Waals surface area contributed by atoms with E-state index < -0.39 is 29.6 Å². The summed E-state index contributed by atoms with van der Waals surface area (Å²) in [4.78, 5) is 22.5. The van der Waals surface area contributed by atoms with Gasteiger partial charge in [0.05, 0.1) is 6.61 Å². The van der Waals surface area contributed by atoms with Gasteiger partial charge < -0.3 is 19.9 Å². The quantitative estimate of drug-likeness (QED) is 0.758. The van der Waals surface area contributed by atoms with E-state index in [1.165, 1.54) is 0 Å². The minimum Gasteiger partial charge on any atom is -0.481 e. The highest BCUT2D eigenvalue weighted by Gasteiger charge is 2.33. The Labute approximate surface area is 100 Å². The number of ether oxygens (including phenoxy) is 2. The number of aliphatic carboxylic acids is 1. The largest absolute Gasteiger partial charge is 0.481 e. The molecule has 6 nitrogen and oxygen atoms in total. The van der Waals surface area contributed by atoms with Gasteiger partial charge in [-0.1, -0.05) is 0 Å². The van der Waals surface area contributed by atoms with Crippen LogP contribution in [0.4, 0.5) is 4.79 Å². The number of alkyl carbamates (subject to hydrolysis) is 1. The SMILES string of the molecule is CC(C)(C)OC(=O)N[C@@H]1CCOC[C@H]1C(=O)O. The van der Waals surface area contributed by atoms with Gasteiger partial charge in [-0.3, -0.25) is 4.79 Å². The average Bonchev–Trinajstić information content (AvgIpc) is 2.14. The molecule has 0 radical (unpaired) electrons. The molecule has 0 unspecified atom stereocenters. The van der Waals surface area contributed by atoms with Crippen LogP contribution in [0.25, 0.3) is 0 Å². The summed E-state index contributed by atoms with van der Waals surface area (Å²) in [5.41, 5.74) is -0.589. The van der Waals surface area contributed by atoms with E-state index in [4.69, 9.17) is 14.6 Å². The van der Waals surface area contributed by atoms with Crippen molar-refractivity contribution in [3.63, 3.8) is 0 Å². The molecule has 1 saturated heterocycles. The summed E-state index contributed by atoms with van der Waals surface area (Å²) < 4.78 is 10.2. The molecule has 1 amide bonds. The maximum Gasteiger partial charge on any atom is 0.407 e. The van der Waals surface area contributed by atoms with E-state index in [9.17, 15) is 9.59 Å². The average molecular weight is 245 g/mol. The molecule has 0 spiro atoms. The Kier molecular flexibility index (Phi) is 4.34. The Bertz CT molecular complexity index is 297. The number of amides is 1. The smallest absolute Gasteiger partial charge is 0.407 e. The summed E-state index contributed by atoms with van der Waals surface area (Å²) in [6, 6.07) is -0.434. The Hall–Kier alpha value is -1.30. The number of carbonyl (C=O) groups excluding carboxylic acids is 1. The molecule has 0 aromatic carbocycles. The van der Waals surface area contributed by atoms with Gasteiger partial charge in [0, 0.05) is 12.6 Å². The van der Waals surface area contributed by atoms with E-state index in [0.29, 0.717) is 13.0 Å². The molecule has 6 heteroatoms. The molecule has 0 aromatic rings. The van der Waals surface area contributed by atoms with Crippen molar-refractivity contribution in [2.45, 2.75) is 38.8 Å². The van der Waals surface area contributed by atoms with E-state index in [1.807, 2.05) is 0 Å². The number of rotatable bonds is 2. The highest BCUT2D eigenvalue weighted by molar-refractivity contribution is 5.74. The molecule has 0 bridgehead atoms. The first kappa shape index (κ1) is 13.8. The lowest BCUT2D eigenvalue weighted by atomic mass is 9.96. The van der Waals surface area contributed by atoms with Gasteiger partial charge in [0.1, 0.15) is 11.5 Å². The van der Waals surface area contributed by atoms with Crippen LogP contribution >= 0.6 is 0 Å². The van der Waals surface area contributed by atoms with Gasteiger partial charge >= 0.3 is 12.1 Å². The second-order valence-corrected chi connectivity index (χ2v) is 5.06. The number of carbonyl (C=O) groups is 2. The molecule has 0 aromatic heterocycles. The van der Waals surface area contributed by atoms with Crippen molar-refractivity contribution < 1.29 is 24.2 Å². The third kappa shape index (κ3) is 4.60. The van der Waals surface area contributed by atoms with Crippen LogP contribution in [0.3, 0.4) is 0 Å². The fourth-order valence-corrected chi connectivity index (χ4v) is 1.61. The Balaban J connectivity index is 2.53. The Morgan fingerprint density at radius 1 is 1.41 bits per heavy atom. The molecular weight excluding hydrogens is 226 g/mol. The van der Waals surface area contributed by atoms with E-state index in [-0.39, 0.29) is 6.61 Å². The third-order valence-electron chi connectivity index (χ3n) is 2.38. The van der Waals surface area contributed by atoms with Crippen molar-refractivity contribution in [1.82, 2.24) is 5.32 Å². The van der Waals surface area contributed by atoms with Gasteiger partial charge in [0.2, 0.25) is 0 Å². The summed E-state index contributed by atoms with van der Waals surface area (Å²) in [6.07, 6.45) is -0.105. The van der Waals surface area contributed by atoms with Crippen LogP contribution in [0.15, 0.2) is 0 Å². The van der Waals surface area contributed by atoms with Crippen molar-refractivity contribution in [1.29, 1.82) is 0 Å². The lowest BCUT2D eigenvalue weighted by molar-refractivity contribution is -0.147. The summed E-state index contributed by atoms with van der Waals surface area (Å²) in [5.74, 6) is -1.68. The lowest BCUT2D eigenvalue weighted by Gasteiger charge is -2.30. The van der Waals surface area contributed by atoms with E-state index in [0.717, 1.165) is 0 Å². The molecule has 2 N–H and O–H groups in total. The number of nitrogens with one attached hydrogen (secondary N) is 1. The predicted molar refractivity (Wildman–Crippen MR) is 59.7 cm³/mol. The summed E-state index contributed by atoms with van der Waals surface area (Å²) in [6.45, 7) is 5.84. The summed E-state index contributed by atoms with van der Waals surface area (Å²) in [7, 11) is 0. The molecule has 0 saturated carbocycles. The van der Waals surface area contributed by atoms with Gasteiger partial charge in [-0.2, -0.15) is 0 Å². The monoisotopic (exact) mass is 245 g/mol. The number of hydrogen-bond acceptors (Lipinski definition) is 4. The fourth-order valence-electron chi connectivity index (χ4n) is 1.61.